The number of rotatable bonds is 9. The molecule has 178 valence electrons. The summed E-state index contributed by atoms with van der Waals surface area (Å²) in [6.45, 7) is 7.23. The van der Waals surface area contributed by atoms with Crippen LogP contribution in [0.15, 0.2) is 46.2 Å². The lowest BCUT2D eigenvalue weighted by atomic mass is 10.0. The first-order valence-electron chi connectivity index (χ1n) is 11.0. The highest BCUT2D eigenvalue weighted by Gasteiger charge is 2.31. The molecule has 0 radical (unpaired) electrons. The highest BCUT2D eigenvalue weighted by Crippen LogP contribution is 2.24. The third kappa shape index (κ3) is 7.03. The highest BCUT2D eigenvalue weighted by atomic mass is 32.1. The Labute approximate surface area is 197 Å². The van der Waals surface area contributed by atoms with Gasteiger partial charge in [-0.1, -0.05) is 31.5 Å². The van der Waals surface area contributed by atoms with E-state index in [0.717, 1.165) is 11.3 Å². The van der Waals surface area contributed by atoms with Crippen LogP contribution in [0.3, 0.4) is 0 Å². The molecule has 33 heavy (non-hydrogen) atoms. The minimum absolute atomic E-state index is 0.143. The Balaban J connectivity index is 1.76. The summed E-state index contributed by atoms with van der Waals surface area (Å²) < 4.78 is 11.0. The van der Waals surface area contributed by atoms with E-state index in [1.54, 1.807) is 32.9 Å². The van der Waals surface area contributed by atoms with E-state index in [4.69, 9.17) is 9.15 Å². The molecule has 2 amide bonds. The number of amides is 2. The van der Waals surface area contributed by atoms with Crippen LogP contribution in [0, 0.1) is 0 Å². The van der Waals surface area contributed by atoms with Crippen LogP contribution < -0.4 is 10.6 Å². The minimum atomic E-state index is -1.13. The summed E-state index contributed by atoms with van der Waals surface area (Å²) in [5.74, 6) is -0.271. The molecule has 3 N–H and O–H groups in total. The number of carbonyl (C=O) groups is 2. The molecule has 0 fully saturated rings. The number of nitrogens with one attached hydrogen (secondary N) is 2. The number of aliphatic hydroxyl groups excluding tert-OH is 1. The molecule has 9 heteroatoms. The van der Waals surface area contributed by atoms with E-state index >= 15 is 0 Å². The van der Waals surface area contributed by atoms with E-state index in [-0.39, 0.29) is 5.89 Å². The zero-order valence-electron chi connectivity index (χ0n) is 19.3. The average Bonchev–Trinajstić information content (AvgIpc) is 3.40. The summed E-state index contributed by atoms with van der Waals surface area (Å²) in [5.41, 5.74) is 0.507. The first kappa shape index (κ1) is 24.7. The van der Waals surface area contributed by atoms with Gasteiger partial charge >= 0.3 is 6.09 Å². The first-order valence-corrected chi connectivity index (χ1v) is 11.9. The van der Waals surface area contributed by atoms with Gasteiger partial charge < -0.3 is 24.9 Å². The van der Waals surface area contributed by atoms with Gasteiger partial charge in [0, 0.05) is 11.3 Å². The van der Waals surface area contributed by atoms with Crippen LogP contribution >= 0.6 is 11.3 Å². The Bertz CT molecular complexity index is 1020. The molecule has 0 bridgehead atoms. The number of alkyl carbamates (subject to hydrolysis) is 1. The Morgan fingerprint density at radius 2 is 1.94 bits per heavy atom. The van der Waals surface area contributed by atoms with Crippen LogP contribution in [0.4, 0.5) is 4.79 Å². The van der Waals surface area contributed by atoms with Crippen molar-refractivity contribution in [1.82, 2.24) is 15.6 Å². The standard InChI is InChI=1S/C24H31N3O5S/c1-5-9-17(20(28)22-26-16-11-6-7-12-19(16)31-22)25-21(29)18(14-15-10-8-13-33-15)27-23(30)32-24(2,3)4/h6-8,10-13,17-18,20,28H,5,9,14H2,1-4H3,(H,25,29)(H,27,30)/t17-,18-,20-/m0/s1. The Kier molecular flexibility index (Phi) is 8.10. The number of thiophene rings is 1. The van der Waals surface area contributed by atoms with Gasteiger partial charge in [-0.05, 0) is 50.8 Å². The predicted octanol–water partition coefficient (Wildman–Crippen LogP) is 4.34. The lowest BCUT2D eigenvalue weighted by Crippen LogP contribution is -2.52. The van der Waals surface area contributed by atoms with Gasteiger partial charge in [0.15, 0.2) is 11.7 Å². The van der Waals surface area contributed by atoms with Crippen LogP contribution in [-0.2, 0) is 16.0 Å². The number of benzene rings is 1. The van der Waals surface area contributed by atoms with E-state index < -0.39 is 35.8 Å². The lowest BCUT2D eigenvalue weighted by molar-refractivity contribution is -0.125. The fraction of sp³-hybridized carbons (Fsp3) is 0.458. The van der Waals surface area contributed by atoms with Gasteiger partial charge in [0.05, 0.1) is 6.04 Å². The van der Waals surface area contributed by atoms with Crippen molar-refractivity contribution in [2.45, 2.75) is 70.7 Å². The summed E-state index contributed by atoms with van der Waals surface area (Å²) in [7, 11) is 0. The molecule has 8 nitrogen and oxygen atoms in total. The second kappa shape index (κ2) is 10.8. The number of nitrogens with zero attached hydrogens (tertiary/aromatic N) is 1. The smallest absolute Gasteiger partial charge is 0.408 e. The number of oxazole rings is 1. The van der Waals surface area contributed by atoms with Gasteiger partial charge in [0.2, 0.25) is 11.8 Å². The van der Waals surface area contributed by atoms with Crippen molar-refractivity contribution in [3.05, 3.63) is 52.5 Å². The van der Waals surface area contributed by atoms with E-state index in [1.165, 1.54) is 11.3 Å². The molecule has 3 aromatic rings. The second-order valence-corrected chi connectivity index (χ2v) is 9.88. The van der Waals surface area contributed by atoms with Crippen LogP contribution in [0.1, 0.15) is 57.4 Å². The van der Waals surface area contributed by atoms with Gasteiger partial charge in [-0.2, -0.15) is 0 Å². The summed E-state index contributed by atoms with van der Waals surface area (Å²) in [6.07, 6.45) is -0.280. The number of carbonyl (C=O) groups excluding carboxylic acids is 2. The number of para-hydroxylation sites is 2. The molecule has 3 atom stereocenters. The molecule has 0 aliphatic rings. The van der Waals surface area contributed by atoms with Crippen molar-refractivity contribution in [2.75, 3.05) is 0 Å². The first-order chi connectivity index (χ1) is 15.7. The molecule has 0 spiro atoms. The summed E-state index contributed by atoms with van der Waals surface area (Å²) in [6, 6.07) is 9.52. The number of hydrogen-bond acceptors (Lipinski definition) is 7. The van der Waals surface area contributed by atoms with Crippen molar-refractivity contribution in [2.24, 2.45) is 0 Å². The quantitative estimate of drug-likeness (QED) is 0.426. The van der Waals surface area contributed by atoms with Gasteiger partial charge in [0.1, 0.15) is 17.2 Å². The van der Waals surface area contributed by atoms with Crippen LogP contribution in [-0.4, -0.2) is 39.8 Å². The zero-order valence-corrected chi connectivity index (χ0v) is 20.1. The van der Waals surface area contributed by atoms with Crippen LogP contribution in [0.2, 0.25) is 0 Å². The average molecular weight is 474 g/mol. The topological polar surface area (TPSA) is 114 Å². The maximum atomic E-state index is 13.2. The van der Waals surface area contributed by atoms with E-state index in [0.29, 0.717) is 23.9 Å². The highest BCUT2D eigenvalue weighted by molar-refractivity contribution is 7.09. The molecule has 0 unspecified atom stereocenters. The SMILES string of the molecule is CCC[C@H](NC(=O)[C@H](Cc1cccs1)NC(=O)OC(C)(C)C)[C@H](O)c1nc2ccccc2o1. The second-order valence-electron chi connectivity index (χ2n) is 8.85. The fourth-order valence-corrected chi connectivity index (χ4v) is 4.13. The fourth-order valence-electron chi connectivity index (χ4n) is 3.38. The van der Waals surface area contributed by atoms with Crippen LogP contribution in [0.25, 0.3) is 11.1 Å². The maximum absolute atomic E-state index is 13.2. The zero-order chi connectivity index (χ0) is 24.0. The van der Waals surface area contributed by atoms with E-state index in [2.05, 4.69) is 15.6 Å². The van der Waals surface area contributed by atoms with E-state index in [9.17, 15) is 14.7 Å². The van der Waals surface area contributed by atoms with Crippen molar-refractivity contribution < 1.29 is 23.8 Å². The summed E-state index contributed by atoms with van der Waals surface area (Å²) in [5, 5.41) is 18.4. The summed E-state index contributed by atoms with van der Waals surface area (Å²) >= 11 is 1.50. The summed E-state index contributed by atoms with van der Waals surface area (Å²) in [4.78, 5) is 30.9. The number of aliphatic hydroxyl groups is 1. The molecular formula is C24H31N3O5S. The van der Waals surface area contributed by atoms with Gasteiger partial charge in [0.25, 0.3) is 0 Å². The maximum Gasteiger partial charge on any atom is 0.408 e. The Hall–Kier alpha value is -2.91. The molecule has 0 saturated heterocycles. The van der Waals surface area contributed by atoms with Gasteiger partial charge in [-0.25, -0.2) is 9.78 Å². The number of ether oxygens (including phenoxy) is 1. The molecule has 1 aromatic carbocycles. The van der Waals surface area contributed by atoms with Crippen molar-refractivity contribution in [3.8, 4) is 0 Å². The molecular weight excluding hydrogens is 442 g/mol. The van der Waals surface area contributed by atoms with Gasteiger partial charge in [-0.3, -0.25) is 4.79 Å². The van der Waals surface area contributed by atoms with Crippen molar-refractivity contribution in [3.63, 3.8) is 0 Å². The Morgan fingerprint density at radius 1 is 1.18 bits per heavy atom. The van der Waals surface area contributed by atoms with Crippen molar-refractivity contribution in [1.29, 1.82) is 0 Å². The molecule has 0 aliphatic carbocycles. The van der Waals surface area contributed by atoms with Gasteiger partial charge in [-0.15, -0.1) is 11.3 Å². The predicted molar refractivity (Wildman–Crippen MR) is 127 cm³/mol. The minimum Gasteiger partial charge on any atom is -0.444 e. The molecule has 2 heterocycles. The molecule has 3 rings (SSSR count). The normalized spacial score (nSPS) is 14.5. The molecule has 0 aliphatic heterocycles. The van der Waals surface area contributed by atoms with E-state index in [1.807, 2.05) is 36.6 Å². The monoisotopic (exact) mass is 473 g/mol. The lowest BCUT2D eigenvalue weighted by Gasteiger charge is -2.26. The Morgan fingerprint density at radius 3 is 2.58 bits per heavy atom. The molecule has 0 saturated carbocycles. The number of fused-ring (bicyclic) bond motifs is 1. The van der Waals surface area contributed by atoms with Crippen LogP contribution in [0.5, 0.6) is 0 Å². The third-order valence-corrected chi connectivity index (χ3v) is 5.76. The molecule has 2 aromatic heterocycles. The number of hydrogen-bond donors (Lipinski definition) is 3. The third-order valence-electron chi connectivity index (χ3n) is 4.86. The largest absolute Gasteiger partial charge is 0.444 e. The number of aromatic nitrogens is 1. The van der Waals surface area contributed by atoms with Crippen molar-refractivity contribution >= 4 is 34.4 Å².